The first-order valence-electron chi connectivity index (χ1n) is 6.10. The van der Waals surface area contributed by atoms with Gasteiger partial charge in [0.15, 0.2) is 5.78 Å². The summed E-state index contributed by atoms with van der Waals surface area (Å²) in [6.07, 6.45) is 0.982. The molecule has 1 aromatic carbocycles. The minimum absolute atomic E-state index is 0.0715. The lowest BCUT2D eigenvalue weighted by Crippen LogP contribution is -2.06. The SMILES string of the molecule is CCOC(=O)CCCC(=O)c1ccc(Cl)cc1OC. The van der Waals surface area contributed by atoms with Crippen molar-refractivity contribution in [2.45, 2.75) is 26.2 Å². The van der Waals surface area contributed by atoms with Crippen molar-refractivity contribution in [3.05, 3.63) is 28.8 Å². The average Bonchev–Trinajstić information content (AvgIpc) is 2.38. The summed E-state index contributed by atoms with van der Waals surface area (Å²) in [5, 5.41) is 0.514. The van der Waals surface area contributed by atoms with Crippen molar-refractivity contribution < 1.29 is 19.1 Å². The van der Waals surface area contributed by atoms with Crippen LogP contribution in [0.5, 0.6) is 5.75 Å². The van der Waals surface area contributed by atoms with Crippen molar-refractivity contribution in [2.24, 2.45) is 0 Å². The number of halogens is 1. The molecule has 19 heavy (non-hydrogen) atoms. The van der Waals surface area contributed by atoms with E-state index in [1.54, 1.807) is 25.1 Å². The fraction of sp³-hybridized carbons (Fsp3) is 0.429. The number of methoxy groups -OCH3 is 1. The summed E-state index contributed by atoms with van der Waals surface area (Å²) in [6.45, 7) is 2.11. The van der Waals surface area contributed by atoms with E-state index < -0.39 is 0 Å². The third-order valence-corrected chi connectivity index (χ3v) is 2.79. The Kier molecular flexibility index (Phi) is 6.36. The third-order valence-electron chi connectivity index (χ3n) is 2.55. The van der Waals surface area contributed by atoms with Crippen LogP contribution in [0.25, 0.3) is 0 Å². The summed E-state index contributed by atoms with van der Waals surface area (Å²) < 4.78 is 9.91. The normalized spacial score (nSPS) is 10.1. The van der Waals surface area contributed by atoms with E-state index in [-0.39, 0.29) is 24.6 Å². The van der Waals surface area contributed by atoms with Gasteiger partial charge in [0.1, 0.15) is 5.75 Å². The molecule has 104 valence electrons. The van der Waals surface area contributed by atoms with Crippen LogP contribution in [0.4, 0.5) is 0 Å². The van der Waals surface area contributed by atoms with Gasteiger partial charge in [-0.3, -0.25) is 9.59 Å². The van der Waals surface area contributed by atoms with Crippen molar-refractivity contribution >= 4 is 23.4 Å². The molecule has 0 aliphatic heterocycles. The molecule has 0 saturated heterocycles. The fourth-order valence-electron chi connectivity index (χ4n) is 1.66. The van der Waals surface area contributed by atoms with Crippen LogP contribution in [0.15, 0.2) is 18.2 Å². The molecule has 0 aliphatic rings. The minimum Gasteiger partial charge on any atom is -0.496 e. The van der Waals surface area contributed by atoms with E-state index in [1.807, 2.05) is 0 Å². The van der Waals surface area contributed by atoms with Crippen molar-refractivity contribution in [1.29, 1.82) is 0 Å². The number of rotatable bonds is 7. The first-order valence-corrected chi connectivity index (χ1v) is 6.48. The van der Waals surface area contributed by atoms with Crippen LogP contribution < -0.4 is 4.74 Å². The molecule has 1 aromatic rings. The molecule has 0 aliphatic carbocycles. The molecule has 0 radical (unpaired) electrons. The summed E-state index contributed by atoms with van der Waals surface area (Å²) in [5.74, 6) is 0.102. The number of ketones is 1. The molecule has 0 heterocycles. The van der Waals surface area contributed by atoms with Gasteiger partial charge in [-0.15, -0.1) is 0 Å². The highest BCUT2D eigenvalue weighted by Crippen LogP contribution is 2.24. The predicted octanol–water partition coefficient (Wildman–Crippen LogP) is 3.26. The molecule has 0 fully saturated rings. The van der Waals surface area contributed by atoms with Crippen LogP contribution in [-0.2, 0) is 9.53 Å². The second-order valence-electron chi connectivity index (χ2n) is 3.93. The Morgan fingerprint density at radius 1 is 1.26 bits per heavy atom. The highest BCUT2D eigenvalue weighted by atomic mass is 35.5. The molecule has 0 bridgehead atoms. The van der Waals surface area contributed by atoms with Gasteiger partial charge >= 0.3 is 5.97 Å². The smallest absolute Gasteiger partial charge is 0.305 e. The molecule has 0 aromatic heterocycles. The quantitative estimate of drug-likeness (QED) is 0.570. The Balaban J connectivity index is 2.56. The minimum atomic E-state index is -0.279. The van der Waals surface area contributed by atoms with Crippen molar-refractivity contribution in [1.82, 2.24) is 0 Å². The van der Waals surface area contributed by atoms with Gasteiger partial charge in [-0.2, -0.15) is 0 Å². The van der Waals surface area contributed by atoms with Crippen LogP contribution in [-0.4, -0.2) is 25.5 Å². The Morgan fingerprint density at radius 2 is 2.00 bits per heavy atom. The summed E-state index contributed by atoms with van der Waals surface area (Å²) in [4.78, 5) is 23.2. The molecule has 0 amide bonds. The molecule has 1 rings (SSSR count). The van der Waals surface area contributed by atoms with E-state index in [0.29, 0.717) is 29.4 Å². The Labute approximate surface area is 117 Å². The predicted molar refractivity (Wildman–Crippen MR) is 72.8 cm³/mol. The maximum atomic E-state index is 12.0. The van der Waals surface area contributed by atoms with Gasteiger partial charge in [0, 0.05) is 17.9 Å². The lowest BCUT2D eigenvalue weighted by atomic mass is 10.0. The van der Waals surface area contributed by atoms with Crippen LogP contribution in [0, 0.1) is 0 Å². The van der Waals surface area contributed by atoms with Gasteiger partial charge in [0.25, 0.3) is 0 Å². The molecule has 5 heteroatoms. The fourth-order valence-corrected chi connectivity index (χ4v) is 1.82. The number of esters is 1. The number of hydrogen-bond donors (Lipinski definition) is 0. The van der Waals surface area contributed by atoms with Gasteiger partial charge in [-0.05, 0) is 31.5 Å². The van der Waals surface area contributed by atoms with Gasteiger partial charge in [0.2, 0.25) is 0 Å². The number of benzene rings is 1. The van der Waals surface area contributed by atoms with Crippen LogP contribution >= 0.6 is 11.6 Å². The van der Waals surface area contributed by atoms with Crippen LogP contribution in [0.1, 0.15) is 36.5 Å². The molecular weight excluding hydrogens is 268 g/mol. The lowest BCUT2D eigenvalue weighted by molar-refractivity contribution is -0.143. The monoisotopic (exact) mass is 284 g/mol. The summed E-state index contributed by atoms with van der Waals surface area (Å²) in [6, 6.07) is 4.87. The maximum Gasteiger partial charge on any atom is 0.305 e. The zero-order valence-electron chi connectivity index (χ0n) is 11.1. The van der Waals surface area contributed by atoms with E-state index in [0.717, 1.165) is 0 Å². The topological polar surface area (TPSA) is 52.6 Å². The number of ether oxygens (including phenoxy) is 2. The third kappa shape index (κ3) is 4.91. The van der Waals surface area contributed by atoms with Crippen LogP contribution in [0.3, 0.4) is 0 Å². The Morgan fingerprint density at radius 3 is 2.63 bits per heavy atom. The number of hydrogen-bond acceptors (Lipinski definition) is 4. The van der Waals surface area contributed by atoms with E-state index in [1.165, 1.54) is 7.11 Å². The molecule has 0 unspecified atom stereocenters. The van der Waals surface area contributed by atoms with E-state index in [2.05, 4.69) is 0 Å². The molecular formula is C14H17ClO4. The number of carbonyl (C=O) groups is 2. The molecule has 4 nitrogen and oxygen atoms in total. The van der Waals surface area contributed by atoms with E-state index >= 15 is 0 Å². The zero-order chi connectivity index (χ0) is 14.3. The number of Topliss-reactive ketones (excluding diaryl/α,β-unsaturated/α-hetero) is 1. The lowest BCUT2D eigenvalue weighted by Gasteiger charge is -2.08. The largest absolute Gasteiger partial charge is 0.496 e. The van der Waals surface area contributed by atoms with Crippen molar-refractivity contribution in [3.63, 3.8) is 0 Å². The highest BCUT2D eigenvalue weighted by molar-refractivity contribution is 6.30. The maximum absolute atomic E-state index is 12.0. The standard InChI is InChI=1S/C14H17ClO4/c1-3-19-14(17)6-4-5-12(16)11-8-7-10(15)9-13(11)18-2/h7-9H,3-6H2,1-2H3. The summed E-state index contributed by atoms with van der Waals surface area (Å²) in [7, 11) is 1.49. The van der Waals surface area contributed by atoms with Crippen LogP contribution in [0.2, 0.25) is 5.02 Å². The van der Waals surface area contributed by atoms with Crippen molar-refractivity contribution in [2.75, 3.05) is 13.7 Å². The van der Waals surface area contributed by atoms with Gasteiger partial charge in [0.05, 0.1) is 19.3 Å². The van der Waals surface area contributed by atoms with E-state index in [9.17, 15) is 9.59 Å². The van der Waals surface area contributed by atoms with Gasteiger partial charge < -0.3 is 9.47 Å². The molecule has 0 saturated carbocycles. The highest BCUT2D eigenvalue weighted by Gasteiger charge is 2.13. The van der Waals surface area contributed by atoms with E-state index in [4.69, 9.17) is 21.1 Å². The average molecular weight is 285 g/mol. The first-order chi connectivity index (χ1) is 9.08. The Hall–Kier alpha value is -1.55. The molecule has 0 spiro atoms. The van der Waals surface area contributed by atoms with Crippen molar-refractivity contribution in [3.8, 4) is 5.75 Å². The van der Waals surface area contributed by atoms with Gasteiger partial charge in [-0.1, -0.05) is 11.6 Å². The summed E-state index contributed by atoms with van der Waals surface area (Å²) in [5.41, 5.74) is 0.482. The molecule has 0 N–H and O–H groups in total. The number of carbonyl (C=O) groups excluding carboxylic acids is 2. The Bertz CT molecular complexity index is 457. The summed E-state index contributed by atoms with van der Waals surface area (Å²) >= 11 is 5.83. The molecule has 0 atom stereocenters. The second-order valence-corrected chi connectivity index (χ2v) is 4.36. The first kappa shape index (κ1) is 15.5. The van der Waals surface area contributed by atoms with Gasteiger partial charge in [-0.25, -0.2) is 0 Å². The zero-order valence-corrected chi connectivity index (χ0v) is 11.8. The second kappa shape index (κ2) is 7.79.